The fourth-order valence-corrected chi connectivity index (χ4v) is 0.360. The van der Waals surface area contributed by atoms with E-state index >= 15 is 0 Å². The second-order valence-electron chi connectivity index (χ2n) is 2.78. The average Bonchev–Trinajstić information content (AvgIpc) is 2.30. The van der Waals surface area contributed by atoms with E-state index in [1.165, 1.54) is 6.92 Å². The first-order valence-electron chi connectivity index (χ1n) is 5.15. The summed E-state index contributed by atoms with van der Waals surface area (Å²) in [5, 5.41) is 15.2. The maximum Gasteiger partial charge on any atom is 0.327 e. The van der Waals surface area contributed by atoms with Crippen molar-refractivity contribution in [2.75, 3.05) is 6.61 Å². The van der Waals surface area contributed by atoms with Gasteiger partial charge in [0.05, 0.1) is 6.61 Å². The Morgan fingerprint density at radius 2 is 1.44 bits per heavy atom. The van der Waals surface area contributed by atoms with Crippen molar-refractivity contribution >= 4 is 17.9 Å². The third-order valence-corrected chi connectivity index (χ3v) is 1.15. The second kappa shape index (κ2) is 17.3. The van der Waals surface area contributed by atoms with Crippen molar-refractivity contribution in [1.29, 1.82) is 0 Å². The lowest BCUT2D eigenvalue weighted by Gasteiger charge is -1.96. The number of carboxylic acid groups (broad SMARTS) is 2. The summed E-state index contributed by atoms with van der Waals surface area (Å²) in [4.78, 5) is 28.6. The molecule has 0 aromatic rings. The molecule has 0 aliphatic carbocycles. The molecule has 0 aliphatic rings. The Balaban J connectivity index is -0.000000197. The monoisotopic (exact) mass is 260 g/mol. The Hall–Kier alpha value is -2.11. The number of carbonyl (C=O) groups excluding carboxylic acids is 1. The van der Waals surface area contributed by atoms with E-state index in [9.17, 15) is 14.4 Å². The van der Waals surface area contributed by atoms with Gasteiger partial charge in [0, 0.05) is 19.1 Å². The van der Waals surface area contributed by atoms with E-state index in [-0.39, 0.29) is 5.97 Å². The maximum absolute atomic E-state index is 10.1. The summed E-state index contributed by atoms with van der Waals surface area (Å²) in [5.74, 6) is -2.14. The van der Waals surface area contributed by atoms with Gasteiger partial charge >= 0.3 is 17.9 Å². The highest BCUT2D eigenvalue weighted by molar-refractivity contribution is 5.79. The predicted molar refractivity (Wildman–Crippen MR) is 67.2 cm³/mol. The quantitative estimate of drug-likeness (QED) is 0.444. The molecule has 18 heavy (non-hydrogen) atoms. The predicted octanol–water partition coefficient (Wildman–Crippen LogP) is 1.86. The molecule has 0 aromatic carbocycles. The van der Waals surface area contributed by atoms with Crippen LogP contribution in [0.15, 0.2) is 25.3 Å². The molecule has 2 N–H and O–H groups in total. The number of rotatable bonds is 5. The molecule has 0 aromatic heterocycles. The number of carbonyl (C=O) groups is 3. The summed E-state index contributed by atoms with van der Waals surface area (Å²) < 4.78 is 4.64. The SMILES string of the molecule is C=CC(=O)O.C=CC(=O)O.CCCCOC(C)=O. The number of esters is 1. The third-order valence-electron chi connectivity index (χ3n) is 1.15. The highest BCUT2D eigenvalue weighted by atomic mass is 16.5. The van der Waals surface area contributed by atoms with Gasteiger partial charge in [0.25, 0.3) is 0 Å². The fourth-order valence-electron chi connectivity index (χ4n) is 0.360. The largest absolute Gasteiger partial charge is 0.478 e. The van der Waals surface area contributed by atoms with Crippen molar-refractivity contribution in [2.45, 2.75) is 26.7 Å². The molecule has 0 spiro atoms. The zero-order chi connectivity index (χ0) is 15.0. The molecule has 0 saturated heterocycles. The minimum Gasteiger partial charge on any atom is -0.478 e. The molecule has 104 valence electrons. The van der Waals surface area contributed by atoms with Crippen LogP contribution >= 0.6 is 0 Å². The first-order chi connectivity index (χ1) is 8.31. The van der Waals surface area contributed by atoms with Crippen molar-refractivity contribution < 1.29 is 29.3 Å². The molecule has 0 unspecified atom stereocenters. The van der Waals surface area contributed by atoms with Gasteiger partial charge in [0.1, 0.15) is 0 Å². The molecule has 0 aliphatic heterocycles. The van der Waals surface area contributed by atoms with E-state index in [1.807, 2.05) is 0 Å². The first-order valence-corrected chi connectivity index (χ1v) is 5.15. The highest BCUT2D eigenvalue weighted by Gasteiger charge is 1.88. The Bertz CT molecular complexity index is 252. The molecule has 0 amide bonds. The number of hydrogen-bond acceptors (Lipinski definition) is 4. The van der Waals surface area contributed by atoms with Crippen LogP contribution < -0.4 is 0 Å². The van der Waals surface area contributed by atoms with E-state index in [4.69, 9.17) is 10.2 Å². The zero-order valence-corrected chi connectivity index (χ0v) is 10.7. The van der Waals surface area contributed by atoms with E-state index in [0.29, 0.717) is 6.61 Å². The van der Waals surface area contributed by atoms with Gasteiger partial charge < -0.3 is 14.9 Å². The van der Waals surface area contributed by atoms with Crippen LogP contribution in [0.1, 0.15) is 26.7 Å². The van der Waals surface area contributed by atoms with Crippen LogP contribution in [0.3, 0.4) is 0 Å². The van der Waals surface area contributed by atoms with E-state index in [2.05, 4.69) is 24.8 Å². The molecular formula is C12H20O6. The van der Waals surface area contributed by atoms with E-state index in [0.717, 1.165) is 25.0 Å². The number of hydrogen-bond donors (Lipinski definition) is 2. The minimum atomic E-state index is -0.981. The molecule has 6 nitrogen and oxygen atoms in total. The first kappa shape index (κ1) is 21.2. The van der Waals surface area contributed by atoms with E-state index in [1.54, 1.807) is 0 Å². The average molecular weight is 260 g/mol. The van der Waals surface area contributed by atoms with Crippen molar-refractivity contribution in [3.05, 3.63) is 25.3 Å². The maximum atomic E-state index is 10.1. The summed E-state index contributed by atoms with van der Waals surface area (Å²) in [5.41, 5.74) is 0. The van der Waals surface area contributed by atoms with Crippen molar-refractivity contribution in [2.24, 2.45) is 0 Å². The second-order valence-corrected chi connectivity index (χ2v) is 2.78. The Labute approximate surface area is 107 Å². The molecule has 0 heterocycles. The van der Waals surface area contributed by atoms with Gasteiger partial charge in [-0.15, -0.1) is 0 Å². The minimum absolute atomic E-state index is 0.182. The summed E-state index contributed by atoms with van der Waals surface area (Å²) in [6.45, 7) is 9.98. The van der Waals surface area contributed by atoms with Crippen molar-refractivity contribution in [3.8, 4) is 0 Å². The van der Waals surface area contributed by atoms with Crippen LogP contribution in [0.5, 0.6) is 0 Å². The molecule has 0 rings (SSSR count). The Kier molecular flexibility index (Phi) is 20.4. The van der Waals surface area contributed by atoms with Gasteiger partial charge in [-0.25, -0.2) is 9.59 Å². The normalized spacial score (nSPS) is 7.44. The molecule has 0 atom stereocenters. The molecule has 0 bridgehead atoms. The van der Waals surface area contributed by atoms with E-state index < -0.39 is 11.9 Å². The Morgan fingerprint density at radius 1 is 1.11 bits per heavy atom. The van der Waals surface area contributed by atoms with Gasteiger partial charge in [0.15, 0.2) is 0 Å². The molecule has 0 radical (unpaired) electrons. The number of unbranched alkanes of at least 4 members (excludes halogenated alkanes) is 1. The van der Waals surface area contributed by atoms with Crippen molar-refractivity contribution in [3.63, 3.8) is 0 Å². The van der Waals surface area contributed by atoms with Gasteiger partial charge in [-0.3, -0.25) is 4.79 Å². The summed E-state index contributed by atoms with van der Waals surface area (Å²) in [6, 6.07) is 0. The number of carboxylic acids is 2. The van der Waals surface area contributed by atoms with Gasteiger partial charge in [0.2, 0.25) is 0 Å². The van der Waals surface area contributed by atoms with Crippen molar-refractivity contribution in [1.82, 2.24) is 0 Å². The summed E-state index contributed by atoms with van der Waals surface area (Å²) in [7, 11) is 0. The smallest absolute Gasteiger partial charge is 0.327 e. The lowest BCUT2D eigenvalue weighted by Crippen LogP contribution is -1.99. The number of aliphatic carboxylic acids is 2. The molecule has 0 saturated carbocycles. The molecule has 0 fully saturated rings. The van der Waals surface area contributed by atoms with Crippen LogP contribution in [0.25, 0.3) is 0 Å². The topological polar surface area (TPSA) is 101 Å². The third kappa shape index (κ3) is 48.6. The summed E-state index contributed by atoms with van der Waals surface area (Å²) in [6.07, 6.45) is 3.72. The Morgan fingerprint density at radius 3 is 1.61 bits per heavy atom. The molecule has 6 heteroatoms. The summed E-state index contributed by atoms with van der Waals surface area (Å²) >= 11 is 0. The molecular weight excluding hydrogens is 240 g/mol. The van der Waals surface area contributed by atoms with Crippen LogP contribution in [-0.2, 0) is 19.1 Å². The highest BCUT2D eigenvalue weighted by Crippen LogP contribution is 1.86. The fraction of sp³-hybridized carbons (Fsp3) is 0.417. The lowest BCUT2D eigenvalue weighted by atomic mass is 10.4. The van der Waals surface area contributed by atoms with Gasteiger partial charge in [-0.2, -0.15) is 0 Å². The van der Waals surface area contributed by atoms with Gasteiger partial charge in [-0.05, 0) is 6.42 Å². The van der Waals surface area contributed by atoms with Crippen LogP contribution in [0, 0.1) is 0 Å². The number of ether oxygens (including phenoxy) is 1. The van der Waals surface area contributed by atoms with Crippen LogP contribution in [-0.4, -0.2) is 34.7 Å². The van der Waals surface area contributed by atoms with Crippen LogP contribution in [0.4, 0.5) is 0 Å². The zero-order valence-electron chi connectivity index (χ0n) is 10.7. The lowest BCUT2D eigenvalue weighted by molar-refractivity contribution is -0.141. The standard InChI is InChI=1S/C6H12O2.2C3H4O2/c1-3-4-5-8-6(2)7;2*1-2-3(4)5/h3-5H2,1-2H3;2*2H,1H2,(H,4,5). The van der Waals surface area contributed by atoms with Gasteiger partial charge in [-0.1, -0.05) is 26.5 Å². The van der Waals surface area contributed by atoms with Crippen LogP contribution in [0.2, 0.25) is 0 Å².